The minimum absolute atomic E-state index is 0. The molecule has 1 aliphatic rings. The van der Waals surface area contributed by atoms with Crippen molar-refractivity contribution in [2.75, 3.05) is 19.6 Å². The first-order valence-corrected chi connectivity index (χ1v) is 8.01. The molecule has 1 saturated heterocycles. The van der Waals surface area contributed by atoms with Crippen LogP contribution in [0.25, 0.3) is 0 Å². The summed E-state index contributed by atoms with van der Waals surface area (Å²) in [6.45, 7) is 4.22. The maximum absolute atomic E-state index is 12.2. The van der Waals surface area contributed by atoms with Crippen molar-refractivity contribution in [3.8, 4) is 0 Å². The molecule has 1 atom stereocenters. The Morgan fingerprint density at radius 1 is 1.30 bits per heavy atom. The van der Waals surface area contributed by atoms with Crippen LogP contribution < -0.4 is 10.6 Å². The number of halogens is 1. The largest absolute Gasteiger partial charge is 0.347 e. The maximum Gasteiger partial charge on any atom is 0.242 e. The summed E-state index contributed by atoms with van der Waals surface area (Å²) in [6.07, 6.45) is 2.62. The zero-order chi connectivity index (χ0) is 15.8. The smallest absolute Gasteiger partial charge is 0.242 e. The minimum Gasteiger partial charge on any atom is -0.347 e. The quantitative estimate of drug-likeness (QED) is 0.795. The molecule has 0 saturated carbocycles. The maximum atomic E-state index is 12.2. The van der Waals surface area contributed by atoms with Crippen LogP contribution in [0.3, 0.4) is 0 Å². The molecule has 1 aromatic rings. The second-order valence-electron chi connectivity index (χ2n) is 5.67. The van der Waals surface area contributed by atoms with Crippen molar-refractivity contribution in [3.05, 3.63) is 35.9 Å². The Bertz CT molecular complexity index is 490. The van der Waals surface area contributed by atoms with Crippen LogP contribution in [0.15, 0.2) is 30.3 Å². The fraction of sp³-hybridized carbons (Fsp3) is 0.529. The molecule has 6 heteroatoms. The van der Waals surface area contributed by atoms with E-state index >= 15 is 0 Å². The number of hydrogen-bond acceptors (Lipinski definition) is 3. The van der Waals surface area contributed by atoms with Crippen molar-refractivity contribution in [3.63, 3.8) is 0 Å². The van der Waals surface area contributed by atoms with E-state index in [1.807, 2.05) is 37.3 Å². The lowest BCUT2D eigenvalue weighted by Crippen LogP contribution is -2.41. The first kappa shape index (κ1) is 19.5. The van der Waals surface area contributed by atoms with Gasteiger partial charge >= 0.3 is 0 Å². The monoisotopic (exact) mass is 339 g/mol. The molecule has 0 radical (unpaired) electrons. The van der Waals surface area contributed by atoms with Crippen LogP contribution in [0.2, 0.25) is 0 Å². The Hall–Kier alpha value is -1.59. The molecule has 128 valence electrons. The second-order valence-corrected chi connectivity index (χ2v) is 5.67. The average Bonchev–Trinajstić information content (AvgIpc) is 3.04. The summed E-state index contributed by atoms with van der Waals surface area (Å²) < 4.78 is 0. The molecule has 23 heavy (non-hydrogen) atoms. The van der Waals surface area contributed by atoms with Gasteiger partial charge in [-0.15, -0.1) is 12.4 Å². The molecule has 0 spiro atoms. The van der Waals surface area contributed by atoms with Crippen molar-refractivity contribution in [2.24, 2.45) is 0 Å². The van der Waals surface area contributed by atoms with Crippen molar-refractivity contribution in [2.45, 2.75) is 38.8 Å². The summed E-state index contributed by atoms with van der Waals surface area (Å²) in [6, 6.07) is 10.1. The molecule has 1 heterocycles. The Morgan fingerprint density at radius 2 is 2.04 bits per heavy atom. The van der Waals surface area contributed by atoms with E-state index in [1.54, 1.807) is 4.90 Å². The molecule has 2 N–H and O–H groups in total. The van der Waals surface area contributed by atoms with E-state index < -0.39 is 0 Å². The van der Waals surface area contributed by atoms with E-state index in [2.05, 4.69) is 10.6 Å². The van der Waals surface area contributed by atoms with Crippen LogP contribution in [-0.2, 0) is 16.1 Å². The third kappa shape index (κ3) is 6.59. The molecular formula is C17H26ClN3O2. The Kier molecular flexibility index (Phi) is 8.66. The highest BCUT2D eigenvalue weighted by Gasteiger charge is 2.19. The van der Waals surface area contributed by atoms with Gasteiger partial charge in [-0.2, -0.15) is 0 Å². The van der Waals surface area contributed by atoms with Crippen LogP contribution in [0.5, 0.6) is 0 Å². The highest BCUT2D eigenvalue weighted by molar-refractivity contribution is 5.85. The van der Waals surface area contributed by atoms with Crippen LogP contribution >= 0.6 is 12.4 Å². The number of hydrogen-bond donors (Lipinski definition) is 2. The molecular weight excluding hydrogens is 314 g/mol. The lowest BCUT2D eigenvalue weighted by atomic mass is 10.1. The van der Waals surface area contributed by atoms with Gasteiger partial charge in [0.25, 0.3) is 0 Å². The standard InChI is InChI=1S/C17H25N3O2.ClH/c1-2-20(13-14-7-4-3-5-8-14)17(22)12-19-16(21)11-15-9-6-10-18-15;/h3-5,7-8,15,18H,2,6,9-13H2,1H3,(H,19,21);1H. The van der Waals surface area contributed by atoms with Gasteiger partial charge < -0.3 is 15.5 Å². The predicted molar refractivity (Wildman–Crippen MR) is 93.4 cm³/mol. The van der Waals surface area contributed by atoms with Crippen LogP contribution in [0.1, 0.15) is 31.7 Å². The minimum atomic E-state index is -0.0523. The van der Waals surface area contributed by atoms with Gasteiger partial charge in [-0.25, -0.2) is 0 Å². The molecule has 0 aliphatic carbocycles. The highest BCUT2D eigenvalue weighted by Crippen LogP contribution is 2.08. The average molecular weight is 340 g/mol. The normalized spacial score (nSPS) is 16.5. The SMILES string of the molecule is CCN(Cc1ccccc1)C(=O)CNC(=O)CC1CCCN1.Cl. The molecule has 1 fully saturated rings. The van der Waals surface area contributed by atoms with Crippen molar-refractivity contribution in [1.82, 2.24) is 15.5 Å². The third-order valence-corrected chi connectivity index (χ3v) is 3.98. The number of nitrogens with one attached hydrogen (secondary N) is 2. The van der Waals surface area contributed by atoms with Crippen molar-refractivity contribution >= 4 is 24.2 Å². The summed E-state index contributed by atoms with van der Waals surface area (Å²) >= 11 is 0. The molecule has 1 unspecified atom stereocenters. The topological polar surface area (TPSA) is 61.4 Å². The summed E-state index contributed by atoms with van der Waals surface area (Å²) in [5.74, 6) is -0.0948. The van der Waals surface area contributed by atoms with Gasteiger partial charge in [0.1, 0.15) is 0 Å². The number of carbonyl (C=O) groups excluding carboxylic acids is 2. The van der Waals surface area contributed by atoms with Crippen LogP contribution in [0.4, 0.5) is 0 Å². The molecule has 0 aromatic heterocycles. The lowest BCUT2D eigenvalue weighted by Gasteiger charge is -2.21. The zero-order valence-corrected chi connectivity index (χ0v) is 14.4. The molecule has 5 nitrogen and oxygen atoms in total. The summed E-state index contributed by atoms with van der Waals surface area (Å²) in [7, 11) is 0. The first-order chi connectivity index (χ1) is 10.7. The molecule has 2 rings (SSSR count). The number of amides is 2. The summed E-state index contributed by atoms with van der Waals surface area (Å²) in [4.78, 5) is 25.8. The Balaban J connectivity index is 0.00000264. The van der Waals surface area contributed by atoms with Gasteiger partial charge in [0.2, 0.25) is 11.8 Å². The van der Waals surface area contributed by atoms with Gasteiger partial charge in [0, 0.05) is 25.6 Å². The van der Waals surface area contributed by atoms with Crippen LogP contribution in [0, 0.1) is 0 Å². The van der Waals surface area contributed by atoms with Crippen LogP contribution in [-0.4, -0.2) is 42.4 Å². The molecule has 2 amide bonds. The van der Waals surface area contributed by atoms with E-state index in [0.717, 1.165) is 24.9 Å². The highest BCUT2D eigenvalue weighted by atomic mass is 35.5. The van der Waals surface area contributed by atoms with Gasteiger partial charge in [-0.3, -0.25) is 9.59 Å². The van der Waals surface area contributed by atoms with Gasteiger partial charge in [0.05, 0.1) is 6.54 Å². The fourth-order valence-electron chi connectivity index (χ4n) is 2.69. The molecule has 1 aliphatic heterocycles. The van der Waals surface area contributed by atoms with E-state index in [1.165, 1.54) is 0 Å². The number of rotatable bonds is 7. The van der Waals surface area contributed by atoms with E-state index in [9.17, 15) is 9.59 Å². The van der Waals surface area contributed by atoms with Gasteiger partial charge in [-0.05, 0) is 31.9 Å². The molecule has 0 bridgehead atoms. The van der Waals surface area contributed by atoms with Gasteiger partial charge in [-0.1, -0.05) is 30.3 Å². The zero-order valence-electron chi connectivity index (χ0n) is 13.6. The molecule has 1 aromatic carbocycles. The Labute approximate surface area is 144 Å². The predicted octanol–water partition coefficient (Wildman–Crippen LogP) is 1.72. The lowest BCUT2D eigenvalue weighted by molar-refractivity contribution is -0.133. The number of nitrogens with zero attached hydrogens (tertiary/aromatic N) is 1. The van der Waals surface area contributed by atoms with Crippen molar-refractivity contribution < 1.29 is 9.59 Å². The number of benzene rings is 1. The third-order valence-electron chi connectivity index (χ3n) is 3.98. The Morgan fingerprint density at radius 3 is 2.65 bits per heavy atom. The van der Waals surface area contributed by atoms with Crippen molar-refractivity contribution in [1.29, 1.82) is 0 Å². The first-order valence-electron chi connectivity index (χ1n) is 8.01. The summed E-state index contributed by atoms with van der Waals surface area (Å²) in [5.41, 5.74) is 1.10. The number of carbonyl (C=O) groups is 2. The van der Waals surface area contributed by atoms with E-state index in [-0.39, 0.29) is 36.8 Å². The fourth-order valence-corrected chi connectivity index (χ4v) is 2.69. The van der Waals surface area contributed by atoms with E-state index in [4.69, 9.17) is 0 Å². The summed E-state index contributed by atoms with van der Waals surface area (Å²) in [5, 5.41) is 6.03. The van der Waals surface area contributed by atoms with E-state index in [0.29, 0.717) is 19.5 Å². The van der Waals surface area contributed by atoms with Gasteiger partial charge in [0.15, 0.2) is 0 Å². The number of likely N-dealkylation sites (N-methyl/N-ethyl adjacent to an activating group) is 1. The second kappa shape index (κ2) is 10.2.